The maximum atomic E-state index is 9.77. The Morgan fingerprint density at radius 1 is 1.41 bits per heavy atom. The number of rotatable bonds is 7. The van der Waals surface area contributed by atoms with Crippen LogP contribution in [-0.4, -0.2) is 44.6 Å². The molecule has 0 spiro atoms. The molecule has 1 aliphatic heterocycles. The molecule has 0 amide bonds. The van der Waals surface area contributed by atoms with Gasteiger partial charge >= 0.3 is 0 Å². The summed E-state index contributed by atoms with van der Waals surface area (Å²) in [5, 5.41) is 16.3. The van der Waals surface area contributed by atoms with Crippen LogP contribution in [0.2, 0.25) is 0 Å². The van der Waals surface area contributed by atoms with E-state index in [0.717, 1.165) is 41.2 Å². The molecule has 0 bridgehead atoms. The molecule has 22 heavy (non-hydrogen) atoms. The summed E-state index contributed by atoms with van der Waals surface area (Å²) in [6.07, 6.45) is -0.251. The van der Waals surface area contributed by atoms with Gasteiger partial charge in [-0.15, -0.1) is 12.4 Å². The van der Waals surface area contributed by atoms with Crippen LogP contribution >= 0.6 is 28.3 Å². The average molecular weight is 396 g/mol. The summed E-state index contributed by atoms with van der Waals surface area (Å²) in [6, 6.07) is 4.01. The molecular weight excluding hydrogens is 372 g/mol. The van der Waals surface area contributed by atoms with Crippen molar-refractivity contribution in [1.29, 1.82) is 0 Å². The van der Waals surface area contributed by atoms with Gasteiger partial charge in [-0.25, -0.2) is 0 Å². The number of aliphatic hydroxyl groups is 1. The van der Waals surface area contributed by atoms with Crippen molar-refractivity contribution in [2.45, 2.75) is 19.6 Å². The smallest absolute Gasteiger partial charge is 0.174 e. The third kappa shape index (κ3) is 4.99. The highest BCUT2D eigenvalue weighted by Gasteiger charge is 2.24. The minimum absolute atomic E-state index is 0. The van der Waals surface area contributed by atoms with E-state index in [9.17, 15) is 5.11 Å². The van der Waals surface area contributed by atoms with E-state index in [1.165, 1.54) is 0 Å². The number of methoxy groups -OCH3 is 1. The Morgan fingerprint density at radius 3 is 2.77 bits per heavy atom. The first-order valence-corrected chi connectivity index (χ1v) is 8.03. The van der Waals surface area contributed by atoms with E-state index in [1.54, 1.807) is 7.11 Å². The second-order valence-electron chi connectivity index (χ2n) is 5.16. The number of β-amino-alcohol motifs (C(OH)–C–C–N with tert-alkyl or cyclic N) is 1. The summed E-state index contributed by atoms with van der Waals surface area (Å²) >= 11 is 3.51. The predicted octanol–water partition coefficient (Wildman–Crippen LogP) is 1.95. The average Bonchev–Trinajstić information content (AvgIpc) is 2.85. The van der Waals surface area contributed by atoms with Crippen LogP contribution in [0, 0.1) is 5.92 Å². The summed E-state index contributed by atoms with van der Waals surface area (Å²) in [4.78, 5) is 0. The van der Waals surface area contributed by atoms with Gasteiger partial charge in [-0.3, -0.25) is 0 Å². The molecule has 2 rings (SSSR count). The Kier molecular flexibility index (Phi) is 8.49. The molecule has 5 nitrogen and oxygen atoms in total. The Bertz CT molecular complexity index is 476. The number of ether oxygens (including phenoxy) is 2. The molecule has 2 unspecified atom stereocenters. The van der Waals surface area contributed by atoms with E-state index in [0.29, 0.717) is 13.2 Å². The fourth-order valence-corrected chi connectivity index (χ4v) is 3.17. The van der Waals surface area contributed by atoms with Crippen LogP contribution in [0.25, 0.3) is 0 Å². The highest BCUT2D eigenvalue weighted by atomic mass is 79.9. The molecule has 0 radical (unpaired) electrons. The first kappa shape index (κ1) is 19.5. The molecule has 1 aromatic carbocycles. The van der Waals surface area contributed by atoms with Crippen LogP contribution in [0.4, 0.5) is 0 Å². The molecule has 1 aromatic rings. The van der Waals surface area contributed by atoms with Crippen molar-refractivity contribution in [2.75, 3.05) is 33.4 Å². The summed E-state index contributed by atoms with van der Waals surface area (Å²) in [5.74, 6) is 1.74. The van der Waals surface area contributed by atoms with E-state index in [-0.39, 0.29) is 24.4 Å². The molecule has 1 heterocycles. The van der Waals surface area contributed by atoms with Crippen LogP contribution in [-0.2, 0) is 6.54 Å². The minimum Gasteiger partial charge on any atom is -0.492 e. The summed E-state index contributed by atoms with van der Waals surface area (Å²) in [5.41, 5.74) is 1.12. The molecule has 1 fully saturated rings. The third-order valence-corrected chi connectivity index (χ3v) is 4.20. The molecular formula is C15H24BrClN2O3. The van der Waals surface area contributed by atoms with Gasteiger partial charge in [0.15, 0.2) is 11.5 Å². The number of benzene rings is 1. The zero-order chi connectivity index (χ0) is 15.2. The fourth-order valence-electron chi connectivity index (χ4n) is 2.51. The number of nitrogens with one attached hydrogen (secondary N) is 2. The Hall–Kier alpha value is -0.530. The number of hydrogen-bond acceptors (Lipinski definition) is 5. The molecule has 126 valence electrons. The third-order valence-electron chi connectivity index (χ3n) is 3.61. The first-order chi connectivity index (χ1) is 10.2. The van der Waals surface area contributed by atoms with Gasteiger partial charge in [0.1, 0.15) is 0 Å². The van der Waals surface area contributed by atoms with Crippen molar-refractivity contribution >= 4 is 28.3 Å². The topological polar surface area (TPSA) is 62.8 Å². The first-order valence-electron chi connectivity index (χ1n) is 7.24. The lowest BCUT2D eigenvalue weighted by atomic mass is 10.1. The minimum atomic E-state index is -0.251. The second kappa shape index (κ2) is 9.57. The molecule has 7 heteroatoms. The van der Waals surface area contributed by atoms with Crippen LogP contribution in [0.15, 0.2) is 16.6 Å². The highest BCUT2D eigenvalue weighted by Crippen LogP contribution is 2.36. The van der Waals surface area contributed by atoms with Crippen molar-refractivity contribution in [3.8, 4) is 11.5 Å². The monoisotopic (exact) mass is 394 g/mol. The fraction of sp³-hybridized carbons (Fsp3) is 0.600. The predicted molar refractivity (Wildman–Crippen MR) is 93.2 cm³/mol. The Labute approximate surface area is 146 Å². The van der Waals surface area contributed by atoms with Gasteiger partial charge in [0.25, 0.3) is 0 Å². The highest BCUT2D eigenvalue weighted by molar-refractivity contribution is 9.10. The molecule has 0 aliphatic carbocycles. The van der Waals surface area contributed by atoms with Crippen molar-refractivity contribution in [2.24, 2.45) is 5.92 Å². The van der Waals surface area contributed by atoms with Crippen LogP contribution in [0.1, 0.15) is 12.5 Å². The number of aliphatic hydroxyl groups excluding tert-OH is 1. The standard InChI is InChI=1S/C15H23BrN2O3.ClH/c1-3-21-14-5-10(4-12(16)15(14)20-2)6-17-7-11-8-18-9-13(11)19;/h4-5,11,13,17-19H,3,6-9H2,1-2H3;1H. The lowest BCUT2D eigenvalue weighted by molar-refractivity contribution is 0.146. The summed E-state index contributed by atoms with van der Waals surface area (Å²) < 4.78 is 11.8. The van der Waals surface area contributed by atoms with E-state index in [4.69, 9.17) is 9.47 Å². The van der Waals surface area contributed by atoms with Crippen molar-refractivity contribution in [3.05, 3.63) is 22.2 Å². The van der Waals surface area contributed by atoms with Crippen molar-refractivity contribution < 1.29 is 14.6 Å². The van der Waals surface area contributed by atoms with E-state index < -0.39 is 0 Å². The lowest BCUT2D eigenvalue weighted by Crippen LogP contribution is -2.30. The van der Waals surface area contributed by atoms with Crippen LogP contribution in [0.5, 0.6) is 11.5 Å². The Morgan fingerprint density at radius 2 is 2.18 bits per heavy atom. The quantitative estimate of drug-likeness (QED) is 0.659. The number of halogens is 2. The Balaban J connectivity index is 0.00000242. The van der Waals surface area contributed by atoms with Gasteiger partial charge in [0.05, 0.1) is 24.3 Å². The van der Waals surface area contributed by atoms with Gasteiger partial charge in [-0.1, -0.05) is 0 Å². The van der Waals surface area contributed by atoms with Crippen molar-refractivity contribution in [3.63, 3.8) is 0 Å². The van der Waals surface area contributed by atoms with E-state index in [1.807, 2.05) is 19.1 Å². The molecule has 1 aliphatic rings. The number of hydrogen-bond donors (Lipinski definition) is 3. The van der Waals surface area contributed by atoms with Gasteiger partial charge in [-0.2, -0.15) is 0 Å². The molecule has 1 saturated heterocycles. The van der Waals surface area contributed by atoms with Gasteiger partial charge < -0.3 is 25.2 Å². The van der Waals surface area contributed by atoms with Crippen molar-refractivity contribution in [1.82, 2.24) is 10.6 Å². The van der Waals surface area contributed by atoms with E-state index >= 15 is 0 Å². The zero-order valence-electron chi connectivity index (χ0n) is 12.9. The van der Waals surface area contributed by atoms with E-state index in [2.05, 4.69) is 26.6 Å². The SMILES string of the molecule is CCOc1cc(CNCC2CNCC2O)cc(Br)c1OC.Cl. The molecule has 0 saturated carbocycles. The largest absolute Gasteiger partial charge is 0.492 e. The second-order valence-corrected chi connectivity index (χ2v) is 6.01. The van der Waals surface area contributed by atoms with Gasteiger partial charge in [-0.05, 0) is 40.5 Å². The van der Waals surface area contributed by atoms with Crippen LogP contribution in [0.3, 0.4) is 0 Å². The summed E-state index contributed by atoms with van der Waals surface area (Å²) in [6.45, 7) is 5.62. The van der Waals surface area contributed by atoms with Crippen LogP contribution < -0.4 is 20.1 Å². The van der Waals surface area contributed by atoms with Gasteiger partial charge in [0, 0.05) is 32.1 Å². The maximum absolute atomic E-state index is 9.77. The lowest BCUT2D eigenvalue weighted by Gasteiger charge is -2.16. The molecule has 3 N–H and O–H groups in total. The van der Waals surface area contributed by atoms with Gasteiger partial charge in [0.2, 0.25) is 0 Å². The molecule has 2 atom stereocenters. The zero-order valence-corrected chi connectivity index (χ0v) is 15.3. The maximum Gasteiger partial charge on any atom is 0.174 e. The normalized spacial score (nSPS) is 20.5. The molecule has 0 aromatic heterocycles. The summed E-state index contributed by atoms with van der Waals surface area (Å²) in [7, 11) is 1.63.